The van der Waals surface area contributed by atoms with Gasteiger partial charge in [-0.3, -0.25) is 0 Å². The van der Waals surface area contributed by atoms with Crippen molar-refractivity contribution in [1.29, 1.82) is 0 Å². The molecule has 0 fully saturated rings. The second kappa shape index (κ2) is 5.59. The van der Waals surface area contributed by atoms with Gasteiger partial charge in [0.2, 0.25) is 0 Å². The second-order valence-electron chi connectivity index (χ2n) is 4.00. The van der Waals surface area contributed by atoms with E-state index in [1.165, 1.54) is 4.80 Å². The molecule has 1 aromatic heterocycles. The topological polar surface area (TPSA) is 64.9 Å². The molecule has 0 bridgehead atoms. The lowest BCUT2D eigenvalue weighted by Gasteiger charge is -2.05. The summed E-state index contributed by atoms with van der Waals surface area (Å²) in [5, 5.41) is 15.4. The maximum Gasteiger partial charge on any atom is 0.176 e. The van der Waals surface area contributed by atoms with Crippen LogP contribution in [0.25, 0.3) is 5.69 Å². The molecule has 0 aliphatic rings. The van der Waals surface area contributed by atoms with E-state index in [1.807, 2.05) is 32.2 Å². The van der Waals surface area contributed by atoms with Crippen molar-refractivity contribution >= 4 is 0 Å². The predicted octanol–water partition coefficient (Wildman–Crippen LogP) is 0.741. The van der Waals surface area contributed by atoms with Crippen LogP contribution in [0.5, 0.6) is 5.75 Å². The van der Waals surface area contributed by atoms with Crippen LogP contribution in [0.2, 0.25) is 0 Å². The molecule has 2 aromatic rings. The van der Waals surface area contributed by atoms with E-state index >= 15 is 0 Å². The summed E-state index contributed by atoms with van der Waals surface area (Å²) >= 11 is 0. The number of hydrogen-bond acceptors (Lipinski definition) is 5. The Balaban J connectivity index is 2.20. The van der Waals surface area contributed by atoms with Crippen molar-refractivity contribution in [3.63, 3.8) is 0 Å². The Morgan fingerprint density at radius 1 is 1.39 bits per heavy atom. The monoisotopic (exact) mass is 247 g/mol. The molecule has 0 radical (unpaired) electrons. The van der Waals surface area contributed by atoms with Crippen LogP contribution < -0.4 is 10.1 Å². The third-order valence-corrected chi connectivity index (χ3v) is 2.66. The molecule has 96 valence electrons. The van der Waals surface area contributed by atoms with Crippen molar-refractivity contribution in [3.8, 4) is 11.4 Å². The van der Waals surface area contributed by atoms with Crippen LogP contribution in [0.1, 0.15) is 11.4 Å². The maximum atomic E-state index is 5.22. The fraction of sp³-hybridized carbons (Fsp3) is 0.417. The van der Waals surface area contributed by atoms with Gasteiger partial charge in [0, 0.05) is 13.0 Å². The first-order valence-electron chi connectivity index (χ1n) is 5.83. The highest BCUT2D eigenvalue weighted by molar-refractivity contribution is 5.42. The number of ether oxygens (including phenoxy) is 1. The number of hydrogen-bond donors (Lipinski definition) is 1. The summed E-state index contributed by atoms with van der Waals surface area (Å²) in [4.78, 5) is 1.54. The van der Waals surface area contributed by atoms with Crippen LogP contribution in [0.4, 0.5) is 0 Å². The third-order valence-electron chi connectivity index (χ3n) is 2.66. The molecule has 0 saturated heterocycles. The Morgan fingerprint density at radius 3 is 2.89 bits per heavy atom. The largest absolute Gasteiger partial charge is 0.496 e. The Labute approximate surface area is 106 Å². The number of benzene rings is 1. The number of methoxy groups -OCH3 is 1. The van der Waals surface area contributed by atoms with Gasteiger partial charge in [0.15, 0.2) is 5.82 Å². The van der Waals surface area contributed by atoms with E-state index in [-0.39, 0.29) is 0 Å². The molecule has 0 aliphatic heterocycles. The Bertz CT molecular complexity index is 523. The van der Waals surface area contributed by atoms with Gasteiger partial charge in [0.1, 0.15) is 5.75 Å². The zero-order valence-corrected chi connectivity index (χ0v) is 10.8. The molecule has 1 N–H and O–H groups in total. The van der Waals surface area contributed by atoms with Gasteiger partial charge in [-0.1, -0.05) is 0 Å². The molecule has 1 heterocycles. The van der Waals surface area contributed by atoms with Crippen molar-refractivity contribution in [1.82, 2.24) is 25.5 Å². The molecular formula is C12H17N5O. The normalized spacial score (nSPS) is 10.6. The quantitative estimate of drug-likeness (QED) is 0.844. The van der Waals surface area contributed by atoms with Crippen LogP contribution in [0.15, 0.2) is 18.2 Å². The van der Waals surface area contributed by atoms with E-state index in [0.29, 0.717) is 0 Å². The first-order valence-corrected chi connectivity index (χ1v) is 5.83. The van der Waals surface area contributed by atoms with Crippen LogP contribution in [-0.4, -0.2) is 40.9 Å². The number of nitrogens with zero attached hydrogens (tertiary/aromatic N) is 4. The molecule has 18 heavy (non-hydrogen) atoms. The van der Waals surface area contributed by atoms with E-state index in [0.717, 1.165) is 35.8 Å². The SMILES string of the molecule is CNCCc1nnn(-c2ccc(OC)c(C)c2)n1. The number of aryl methyl sites for hydroxylation is 1. The van der Waals surface area contributed by atoms with Crippen molar-refractivity contribution in [2.75, 3.05) is 20.7 Å². The zero-order chi connectivity index (χ0) is 13.0. The van der Waals surface area contributed by atoms with Gasteiger partial charge < -0.3 is 10.1 Å². The molecule has 0 spiro atoms. The first kappa shape index (κ1) is 12.5. The van der Waals surface area contributed by atoms with E-state index < -0.39 is 0 Å². The van der Waals surface area contributed by atoms with Crippen molar-refractivity contribution in [2.24, 2.45) is 0 Å². The van der Waals surface area contributed by atoms with Gasteiger partial charge in [-0.25, -0.2) is 0 Å². The summed E-state index contributed by atoms with van der Waals surface area (Å²) in [7, 11) is 3.56. The highest BCUT2D eigenvalue weighted by atomic mass is 16.5. The van der Waals surface area contributed by atoms with E-state index in [9.17, 15) is 0 Å². The van der Waals surface area contributed by atoms with Crippen LogP contribution in [-0.2, 0) is 6.42 Å². The van der Waals surface area contributed by atoms with Crippen LogP contribution in [0.3, 0.4) is 0 Å². The van der Waals surface area contributed by atoms with Gasteiger partial charge >= 0.3 is 0 Å². The maximum absolute atomic E-state index is 5.22. The van der Waals surface area contributed by atoms with E-state index in [4.69, 9.17) is 4.74 Å². The summed E-state index contributed by atoms with van der Waals surface area (Å²) in [6, 6.07) is 5.79. The standard InChI is InChI=1S/C12H17N5O/c1-9-8-10(4-5-11(9)18-3)17-15-12(14-16-17)6-7-13-2/h4-5,8,13H,6-7H2,1-3H3. The van der Waals surface area contributed by atoms with Gasteiger partial charge in [0.05, 0.1) is 12.8 Å². The van der Waals surface area contributed by atoms with Crippen molar-refractivity contribution in [3.05, 3.63) is 29.6 Å². The molecule has 0 atom stereocenters. The average Bonchev–Trinajstić information content (AvgIpc) is 2.85. The number of likely N-dealkylation sites (N-methyl/N-ethyl adjacent to an activating group) is 1. The van der Waals surface area contributed by atoms with E-state index in [1.54, 1.807) is 7.11 Å². The fourth-order valence-electron chi connectivity index (χ4n) is 1.68. The Morgan fingerprint density at radius 2 is 2.22 bits per heavy atom. The molecule has 0 saturated carbocycles. The minimum Gasteiger partial charge on any atom is -0.496 e. The lowest BCUT2D eigenvalue weighted by Crippen LogP contribution is -2.11. The summed E-state index contributed by atoms with van der Waals surface area (Å²) in [6.45, 7) is 2.83. The minimum absolute atomic E-state index is 0.734. The Hall–Kier alpha value is -1.95. The van der Waals surface area contributed by atoms with Gasteiger partial charge in [0.25, 0.3) is 0 Å². The number of nitrogens with one attached hydrogen (secondary N) is 1. The summed E-state index contributed by atoms with van der Waals surface area (Å²) in [5.74, 6) is 1.59. The fourth-order valence-corrected chi connectivity index (χ4v) is 1.68. The third kappa shape index (κ3) is 2.65. The number of tetrazole rings is 1. The molecule has 0 unspecified atom stereocenters. The summed E-state index contributed by atoms with van der Waals surface area (Å²) in [6.07, 6.45) is 0.769. The van der Waals surface area contributed by atoms with Gasteiger partial charge in [-0.15, -0.1) is 15.0 Å². The smallest absolute Gasteiger partial charge is 0.176 e. The van der Waals surface area contributed by atoms with Crippen molar-refractivity contribution in [2.45, 2.75) is 13.3 Å². The molecule has 1 aromatic carbocycles. The molecule has 0 aliphatic carbocycles. The molecule has 6 heteroatoms. The van der Waals surface area contributed by atoms with Gasteiger partial charge in [-0.05, 0) is 42.9 Å². The molecule has 2 rings (SSSR count). The van der Waals surface area contributed by atoms with Crippen LogP contribution in [0, 0.1) is 6.92 Å². The highest BCUT2D eigenvalue weighted by Crippen LogP contribution is 2.19. The summed E-state index contributed by atoms with van der Waals surface area (Å²) in [5.41, 5.74) is 1.93. The lowest BCUT2D eigenvalue weighted by atomic mass is 10.2. The van der Waals surface area contributed by atoms with Crippen molar-refractivity contribution < 1.29 is 4.74 Å². The number of aromatic nitrogens is 4. The van der Waals surface area contributed by atoms with Gasteiger partial charge in [-0.2, -0.15) is 0 Å². The molecule has 0 amide bonds. The zero-order valence-electron chi connectivity index (χ0n) is 10.8. The average molecular weight is 247 g/mol. The second-order valence-corrected chi connectivity index (χ2v) is 4.00. The summed E-state index contributed by atoms with van der Waals surface area (Å²) < 4.78 is 5.22. The number of rotatable bonds is 5. The van der Waals surface area contributed by atoms with E-state index in [2.05, 4.69) is 20.7 Å². The molecule has 6 nitrogen and oxygen atoms in total. The lowest BCUT2D eigenvalue weighted by molar-refractivity contribution is 0.411. The first-order chi connectivity index (χ1) is 8.74. The Kier molecular flexibility index (Phi) is 3.88. The molecular weight excluding hydrogens is 230 g/mol. The minimum atomic E-state index is 0.734. The highest BCUT2D eigenvalue weighted by Gasteiger charge is 2.06. The predicted molar refractivity (Wildman–Crippen MR) is 68.1 cm³/mol. The van der Waals surface area contributed by atoms with Crippen LogP contribution >= 0.6 is 0 Å².